The molecule has 8 heteroatoms. The number of benzene rings is 2. The van der Waals surface area contributed by atoms with Crippen molar-refractivity contribution in [3.05, 3.63) is 70.3 Å². The highest BCUT2D eigenvalue weighted by Gasteiger charge is 2.46. The van der Waals surface area contributed by atoms with E-state index in [1.54, 1.807) is 49.6 Å². The summed E-state index contributed by atoms with van der Waals surface area (Å²) < 4.78 is 10.7. The van der Waals surface area contributed by atoms with Crippen molar-refractivity contribution in [3.63, 3.8) is 0 Å². The Kier molecular flexibility index (Phi) is 6.79. The summed E-state index contributed by atoms with van der Waals surface area (Å²) in [6.45, 7) is 3.81. The summed E-state index contributed by atoms with van der Waals surface area (Å²) in [5, 5.41) is 11.6. The Morgan fingerprint density at radius 3 is 2.53 bits per heavy atom. The molecule has 0 aliphatic carbocycles. The molecular formula is C24H25ClN2O5. The van der Waals surface area contributed by atoms with Crippen molar-refractivity contribution in [3.8, 4) is 5.75 Å². The molecule has 1 unspecified atom stereocenters. The van der Waals surface area contributed by atoms with Crippen molar-refractivity contribution in [2.75, 3.05) is 46.5 Å². The molecule has 0 aromatic heterocycles. The molecule has 168 valence electrons. The van der Waals surface area contributed by atoms with Crippen molar-refractivity contribution >= 4 is 29.1 Å². The molecule has 0 bridgehead atoms. The molecule has 7 nitrogen and oxygen atoms in total. The molecule has 0 radical (unpaired) electrons. The van der Waals surface area contributed by atoms with E-state index in [4.69, 9.17) is 21.1 Å². The highest BCUT2D eigenvalue weighted by molar-refractivity contribution is 6.46. The van der Waals surface area contributed by atoms with E-state index >= 15 is 0 Å². The van der Waals surface area contributed by atoms with Crippen LogP contribution in [0.2, 0.25) is 5.02 Å². The van der Waals surface area contributed by atoms with E-state index in [0.717, 1.165) is 13.1 Å². The van der Waals surface area contributed by atoms with Gasteiger partial charge < -0.3 is 19.5 Å². The van der Waals surface area contributed by atoms with Gasteiger partial charge in [0.05, 0.1) is 31.9 Å². The molecule has 2 aromatic carbocycles. The average Bonchev–Trinajstić information content (AvgIpc) is 3.08. The Hall–Kier alpha value is -2.87. The molecule has 1 atom stereocenters. The smallest absolute Gasteiger partial charge is 0.295 e. The first kappa shape index (κ1) is 22.3. The number of nitrogens with zero attached hydrogens (tertiary/aromatic N) is 2. The monoisotopic (exact) mass is 456 g/mol. The third-order valence-electron chi connectivity index (χ3n) is 5.83. The second-order valence-electron chi connectivity index (χ2n) is 7.73. The lowest BCUT2D eigenvalue weighted by Crippen LogP contribution is -2.42. The zero-order valence-corrected chi connectivity index (χ0v) is 18.5. The number of ether oxygens (including phenoxy) is 2. The minimum Gasteiger partial charge on any atom is -0.507 e. The molecule has 0 saturated carbocycles. The van der Waals surface area contributed by atoms with Crippen LogP contribution in [0.1, 0.15) is 17.2 Å². The van der Waals surface area contributed by atoms with Gasteiger partial charge in [-0.2, -0.15) is 0 Å². The van der Waals surface area contributed by atoms with Gasteiger partial charge in [-0.05, 0) is 42.0 Å². The van der Waals surface area contributed by atoms with Crippen molar-refractivity contribution < 1.29 is 24.2 Å². The van der Waals surface area contributed by atoms with Crippen LogP contribution < -0.4 is 4.74 Å². The number of morpholine rings is 1. The van der Waals surface area contributed by atoms with Gasteiger partial charge in [0.1, 0.15) is 11.5 Å². The van der Waals surface area contributed by atoms with Crippen LogP contribution >= 0.6 is 11.6 Å². The number of carbonyl (C=O) groups excluding carboxylic acids is 2. The van der Waals surface area contributed by atoms with Gasteiger partial charge in [0, 0.05) is 36.8 Å². The predicted molar refractivity (Wildman–Crippen MR) is 121 cm³/mol. The molecule has 2 aliphatic heterocycles. The number of carbonyl (C=O) groups is 2. The molecule has 4 rings (SSSR count). The average molecular weight is 457 g/mol. The first-order valence-corrected chi connectivity index (χ1v) is 10.9. The summed E-state index contributed by atoms with van der Waals surface area (Å²) >= 11 is 5.97. The zero-order chi connectivity index (χ0) is 22.7. The fourth-order valence-corrected chi connectivity index (χ4v) is 4.23. The number of rotatable bonds is 6. The number of ketones is 1. The number of hydrogen-bond donors (Lipinski definition) is 1. The molecule has 2 aromatic rings. The number of halogens is 1. The molecule has 32 heavy (non-hydrogen) atoms. The maximum atomic E-state index is 13.1. The molecule has 2 heterocycles. The lowest BCUT2D eigenvalue weighted by atomic mass is 9.95. The molecule has 2 fully saturated rings. The van der Waals surface area contributed by atoms with Crippen molar-refractivity contribution in [2.45, 2.75) is 6.04 Å². The Morgan fingerprint density at radius 2 is 1.84 bits per heavy atom. The van der Waals surface area contributed by atoms with Crippen molar-refractivity contribution in [2.24, 2.45) is 0 Å². The topological polar surface area (TPSA) is 79.3 Å². The summed E-state index contributed by atoms with van der Waals surface area (Å²) in [5.74, 6) is -0.941. The van der Waals surface area contributed by atoms with Gasteiger partial charge in [0.2, 0.25) is 0 Å². The lowest BCUT2D eigenvalue weighted by molar-refractivity contribution is -0.140. The zero-order valence-electron chi connectivity index (χ0n) is 17.8. The Balaban J connectivity index is 1.74. The van der Waals surface area contributed by atoms with Crippen LogP contribution in [0.3, 0.4) is 0 Å². The number of Topliss-reactive ketones (excluding diaryl/α,β-unsaturated/α-hetero) is 1. The molecule has 1 amide bonds. The number of aliphatic hydroxyl groups is 1. The molecular weight excluding hydrogens is 432 g/mol. The van der Waals surface area contributed by atoms with Crippen LogP contribution in [0, 0.1) is 0 Å². The van der Waals surface area contributed by atoms with Crippen LogP contribution in [0.5, 0.6) is 5.75 Å². The summed E-state index contributed by atoms with van der Waals surface area (Å²) in [6, 6.07) is 13.0. The van der Waals surface area contributed by atoms with E-state index in [2.05, 4.69) is 4.90 Å². The number of hydrogen-bond acceptors (Lipinski definition) is 6. The Morgan fingerprint density at radius 1 is 1.12 bits per heavy atom. The molecule has 2 saturated heterocycles. The van der Waals surface area contributed by atoms with Crippen LogP contribution in [-0.4, -0.2) is 73.1 Å². The van der Waals surface area contributed by atoms with Gasteiger partial charge in [-0.1, -0.05) is 23.7 Å². The standard InChI is InChI=1S/C24H25ClN2O5/c1-31-19-4-2-3-17(15-19)21-20(22(28)16-5-7-18(25)8-6-16)23(29)24(30)27(21)10-9-26-11-13-32-14-12-26/h2-8,15,21,28H,9-14H2,1H3/b22-20+. The van der Waals surface area contributed by atoms with Crippen molar-refractivity contribution in [1.29, 1.82) is 0 Å². The van der Waals surface area contributed by atoms with E-state index in [9.17, 15) is 14.7 Å². The minimum absolute atomic E-state index is 0.0625. The Bertz CT molecular complexity index is 1030. The minimum atomic E-state index is -0.721. The van der Waals surface area contributed by atoms with Gasteiger partial charge in [0.15, 0.2) is 0 Å². The predicted octanol–water partition coefficient (Wildman–Crippen LogP) is 3.10. The van der Waals surface area contributed by atoms with E-state index in [-0.39, 0.29) is 11.3 Å². The van der Waals surface area contributed by atoms with Gasteiger partial charge in [-0.25, -0.2) is 0 Å². The first-order chi connectivity index (χ1) is 15.5. The summed E-state index contributed by atoms with van der Waals surface area (Å²) in [4.78, 5) is 29.9. The number of aliphatic hydroxyl groups excluding tert-OH is 1. The van der Waals surface area contributed by atoms with Gasteiger partial charge in [0.25, 0.3) is 11.7 Å². The molecule has 0 spiro atoms. The van der Waals surface area contributed by atoms with E-state index < -0.39 is 17.7 Å². The summed E-state index contributed by atoms with van der Waals surface area (Å²) in [7, 11) is 1.56. The fourth-order valence-electron chi connectivity index (χ4n) is 4.11. The number of likely N-dealkylation sites (tertiary alicyclic amines) is 1. The molecule has 1 N–H and O–H groups in total. The maximum Gasteiger partial charge on any atom is 0.295 e. The van der Waals surface area contributed by atoms with Crippen LogP contribution in [0.25, 0.3) is 5.76 Å². The largest absolute Gasteiger partial charge is 0.507 e. The van der Waals surface area contributed by atoms with Gasteiger partial charge in [-0.3, -0.25) is 14.5 Å². The third-order valence-corrected chi connectivity index (χ3v) is 6.08. The van der Waals surface area contributed by atoms with E-state index in [1.165, 1.54) is 4.90 Å². The molecule has 2 aliphatic rings. The van der Waals surface area contributed by atoms with E-state index in [0.29, 0.717) is 48.2 Å². The normalized spacial score (nSPS) is 21.2. The van der Waals surface area contributed by atoms with Crippen LogP contribution in [0.4, 0.5) is 0 Å². The Labute approximate surface area is 191 Å². The second-order valence-corrected chi connectivity index (χ2v) is 8.17. The fraction of sp³-hybridized carbons (Fsp3) is 0.333. The number of amides is 1. The summed E-state index contributed by atoms with van der Waals surface area (Å²) in [6.07, 6.45) is 0. The SMILES string of the molecule is COc1cccc(C2/C(=C(\O)c3ccc(Cl)cc3)C(=O)C(=O)N2CCN2CCOCC2)c1. The lowest BCUT2D eigenvalue weighted by Gasteiger charge is -2.31. The highest BCUT2D eigenvalue weighted by atomic mass is 35.5. The first-order valence-electron chi connectivity index (χ1n) is 10.5. The highest BCUT2D eigenvalue weighted by Crippen LogP contribution is 2.40. The third kappa shape index (κ3) is 4.50. The van der Waals surface area contributed by atoms with Gasteiger partial charge >= 0.3 is 0 Å². The van der Waals surface area contributed by atoms with Crippen LogP contribution in [-0.2, 0) is 14.3 Å². The summed E-state index contributed by atoms with van der Waals surface area (Å²) in [5.41, 5.74) is 1.18. The quantitative estimate of drug-likeness (QED) is 0.409. The van der Waals surface area contributed by atoms with E-state index in [1.807, 2.05) is 6.07 Å². The van der Waals surface area contributed by atoms with Crippen LogP contribution in [0.15, 0.2) is 54.1 Å². The van der Waals surface area contributed by atoms with Crippen molar-refractivity contribution in [1.82, 2.24) is 9.80 Å². The maximum absolute atomic E-state index is 13.1. The second kappa shape index (κ2) is 9.73. The van der Waals surface area contributed by atoms with Gasteiger partial charge in [-0.15, -0.1) is 0 Å². The number of methoxy groups -OCH3 is 1.